The number of aryl methyl sites for hydroxylation is 2. The molecule has 1 unspecified atom stereocenters. The maximum Gasteiger partial charge on any atom is 0.0935 e. The first-order valence-electron chi connectivity index (χ1n) is 6.53. The van der Waals surface area contributed by atoms with E-state index in [1.807, 2.05) is 12.3 Å². The van der Waals surface area contributed by atoms with E-state index in [9.17, 15) is 0 Å². The molecule has 18 heavy (non-hydrogen) atoms. The highest BCUT2D eigenvalue weighted by Crippen LogP contribution is 2.25. The minimum absolute atomic E-state index is 0.355. The summed E-state index contributed by atoms with van der Waals surface area (Å²) in [5.41, 5.74) is 5.36. The summed E-state index contributed by atoms with van der Waals surface area (Å²) < 4.78 is 5.16. The van der Waals surface area contributed by atoms with Crippen molar-refractivity contribution >= 4 is 0 Å². The third-order valence-electron chi connectivity index (χ3n) is 3.36. The summed E-state index contributed by atoms with van der Waals surface area (Å²) >= 11 is 0. The fraction of sp³-hybridized carbons (Fsp3) is 0.375. The van der Waals surface area contributed by atoms with Crippen LogP contribution in [0.3, 0.4) is 0 Å². The van der Waals surface area contributed by atoms with Crippen LogP contribution in [0.25, 0.3) is 0 Å². The Morgan fingerprint density at radius 2 is 1.89 bits per heavy atom. The quantitative estimate of drug-likeness (QED) is 0.864. The van der Waals surface area contributed by atoms with Crippen LogP contribution in [0.1, 0.15) is 35.2 Å². The predicted molar refractivity (Wildman–Crippen MR) is 74.7 cm³/mol. The number of nitrogens with one attached hydrogen (secondary N) is 1. The van der Waals surface area contributed by atoms with Crippen LogP contribution in [0.2, 0.25) is 0 Å². The SMILES string of the molecule is CCNC(Cc1ccoc1)c1c(C)cccc1C. The Bertz CT molecular complexity index is 468. The van der Waals surface area contributed by atoms with Gasteiger partial charge in [-0.2, -0.15) is 0 Å². The summed E-state index contributed by atoms with van der Waals surface area (Å²) in [6.45, 7) is 7.48. The van der Waals surface area contributed by atoms with Crippen LogP contribution in [-0.4, -0.2) is 6.54 Å². The van der Waals surface area contributed by atoms with Gasteiger partial charge in [0, 0.05) is 6.04 Å². The van der Waals surface area contributed by atoms with Crippen molar-refractivity contribution in [2.75, 3.05) is 6.54 Å². The molecule has 0 aliphatic heterocycles. The van der Waals surface area contributed by atoms with Crippen molar-refractivity contribution in [1.82, 2.24) is 5.32 Å². The Morgan fingerprint density at radius 1 is 1.17 bits per heavy atom. The molecule has 2 aromatic rings. The summed E-state index contributed by atoms with van der Waals surface area (Å²) in [7, 11) is 0. The molecule has 0 fully saturated rings. The number of hydrogen-bond donors (Lipinski definition) is 1. The van der Waals surface area contributed by atoms with Crippen LogP contribution in [0.4, 0.5) is 0 Å². The molecule has 0 saturated heterocycles. The molecule has 0 saturated carbocycles. The number of likely N-dealkylation sites (N-methyl/N-ethyl adjacent to an activating group) is 1. The van der Waals surface area contributed by atoms with Crippen LogP contribution in [0, 0.1) is 13.8 Å². The molecule has 1 aromatic heterocycles. The van der Waals surface area contributed by atoms with Gasteiger partial charge >= 0.3 is 0 Å². The van der Waals surface area contributed by atoms with Gasteiger partial charge in [0.05, 0.1) is 12.5 Å². The Hall–Kier alpha value is -1.54. The van der Waals surface area contributed by atoms with Crippen LogP contribution in [0.15, 0.2) is 41.2 Å². The van der Waals surface area contributed by atoms with E-state index in [0.29, 0.717) is 6.04 Å². The predicted octanol–water partition coefficient (Wildman–Crippen LogP) is 3.79. The molecule has 1 N–H and O–H groups in total. The van der Waals surface area contributed by atoms with E-state index < -0.39 is 0 Å². The van der Waals surface area contributed by atoms with Gasteiger partial charge in [0.25, 0.3) is 0 Å². The van der Waals surface area contributed by atoms with Crippen molar-refractivity contribution in [2.24, 2.45) is 0 Å². The zero-order chi connectivity index (χ0) is 13.0. The van der Waals surface area contributed by atoms with Crippen LogP contribution in [0.5, 0.6) is 0 Å². The smallest absolute Gasteiger partial charge is 0.0935 e. The van der Waals surface area contributed by atoms with Gasteiger partial charge in [0.2, 0.25) is 0 Å². The van der Waals surface area contributed by atoms with Gasteiger partial charge in [-0.15, -0.1) is 0 Å². The molecule has 0 spiro atoms. The van der Waals surface area contributed by atoms with E-state index in [1.165, 1.54) is 22.3 Å². The molecule has 1 aromatic carbocycles. The second-order valence-corrected chi connectivity index (χ2v) is 4.75. The lowest BCUT2D eigenvalue weighted by Gasteiger charge is -2.22. The summed E-state index contributed by atoms with van der Waals surface area (Å²) in [5.74, 6) is 0. The van der Waals surface area contributed by atoms with Crippen molar-refractivity contribution < 1.29 is 4.42 Å². The first-order valence-corrected chi connectivity index (χ1v) is 6.53. The van der Waals surface area contributed by atoms with Gasteiger partial charge in [-0.1, -0.05) is 25.1 Å². The molecule has 0 aliphatic rings. The van der Waals surface area contributed by atoms with E-state index in [1.54, 1.807) is 6.26 Å². The van der Waals surface area contributed by atoms with Crippen molar-refractivity contribution in [2.45, 2.75) is 33.2 Å². The average molecular weight is 243 g/mol. The lowest BCUT2D eigenvalue weighted by Crippen LogP contribution is -2.24. The molecular formula is C16H21NO. The third-order valence-corrected chi connectivity index (χ3v) is 3.36. The third kappa shape index (κ3) is 2.82. The first kappa shape index (κ1) is 12.9. The van der Waals surface area contributed by atoms with Gasteiger partial charge in [-0.3, -0.25) is 0 Å². The lowest BCUT2D eigenvalue weighted by molar-refractivity contribution is 0.531. The molecule has 0 bridgehead atoms. The monoisotopic (exact) mass is 243 g/mol. The Morgan fingerprint density at radius 3 is 2.44 bits per heavy atom. The van der Waals surface area contributed by atoms with Crippen molar-refractivity contribution in [3.05, 3.63) is 59.0 Å². The molecule has 0 amide bonds. The zero-order valence-electron chi connectivity index (χ0n) is 11.4. The molecule has 1 atom stereocenters. The Balaban J connectivity index is 2.29. The van der Waals surface area contributed by atoms with Crippen LogP contribution < -0.4 is 5.32 Å². The van der Waals surface area contributed by atoms with E-state index in [4.69, 9.17) is 4.42 Å². The Labute approximate surface area is 109 Å². The molecule has 2 heteroatoms. The van der Waals surface area contributed by atoms with Gasteiger partial charge < -0.3 is 9.73 Å². The molecule has 96 valence electrons. The zero-order valence-corrected chi connectivity index (χ0v) is 11.4. The van der Waals surface area contributed by atoms with Gasteiger partial charge in [-0.25, -0.2) is 0 Å². The molecule has 1 heterocycles. The minimum atomic E-state index is 0.355. The summed E-state index contributed by atoms with van der Waals surface area (Å²) in [4.78, 5) is 0. The fourth-order valence-corrected chi connectivity index (χ4v) is 2.54. The van der Waals surface area contributed by atoms with Gasteiger partial charge in [0.15, 0.2) is 0 Å². The number of hydrogen-bond acceptors (Lipinski definition) is 2. The normalized spacial score (nSPS) is 12.6. The highest BCUT2D eigenvalue weighted by atomic mass is 16.3. The molecular weight excluding hydrogens is 222 g/mol. The molecule has 0 radical (unpaired) electrons. The van der Waals surface area contributed by atoms with E-state index in [0.717, 1.165) is 13.0 Å². The molecule has 0 aliphatic carbocycles. The summed E-state index contributed by atoms with van der Waals surface area (Å²) in [6, 6.07) is 8.88. The second-order valence-electron chi connectivity index (χ2n) is 4.75. The largest absolute Gasteiger partial charge is 0.472 e. The van der Waals surface area contributed by atoms with Crippen LogP contribution >= 0.6 is 0 Å². The average Bonchev–Trinajstić information content (AvgIpc) is 2.82. The highest BCUT2D eigenvalue weighted by molar-refractivity contribution is 5.37. The fourth-order valence-electron chi connectivity index (χ4n) is 2.54. The van der Waals surface area contributed by atoms with Crippen molar-refractivity contribution in [3.8, 4) is 0 Å². The van der Waals surface area contributed by atoms with E-state index in [-0.39, 0.29) is 0 Å². The Kier molecular flexibility index (Phi) is 4.21. The maximum atomic E-state index is 5.16. The first-order chi connectivity index (χ1) is 8.72. The number of benzene rings is 1. The van der Waals surface area contributed by atoms with Gasteiger partial charge in [0.1, 0.15) is 0 Å². The highest BCUT2D eigenvalue weighted by Gasteiger charge is 2.16. The molecule has 2 rings (SSSR count). The van der Waals surface area contributed by atoms with E-state index >= 15 is 0 Å². The molecule has 2 nitrogen and oxygen atoms in total. The summed E-state index contributed by atoms with van der Waals surface area (Å²) in [6.07, 6.45) is 4.54. The van der Waals surface area contributed by atoms with E-state index in [2.05, 4.69) is 44.3 Å². The maximum absolute atomic E-state index is 5.16. The number of furan rings is 1. The van der Waals surface area contributed by atoms with Gasteiger partial charge in [-0.05, 0) is 55.1 Å². The van der Waals surface area contributed by atoms with Crippen molar-refractivity contribution in [1.29, 1.82) is 0 Å². The number of rotatable bonds is 5. The topological polar surface area (TPSA) is 25.2 Å². The minimum Gasteiger partial charge on any atom is -0.472 e. The lowest BCUT2D eigenvalue weighted by atomic mass is 9.92. The summed E-state index contributed by atoms with van der Waals surface area (Å²) in [5, 5.41) is 3.58. The second kappa shape index (κ2) is 5.87. The standard InChI is InChI=1S/C16H21NO/c1-4-17-15(10-14-8-9-18-11-14)16-12(2)6-5-7-13(16)3/h5-9,11,15,17H,4,10H2,1-3H3. The van der Waals surface area contributed by atoms with Crippen molar-refractivity contribution in [3.63, 3.8) is 0 Å². The van der Waals surface area contributed by atoms with Crippen LogP contribution in [-0.2, 0) is 6.42 Å².